The molecule has 0 rings (SSSR count). The van der Waals surface area contributed by atoms with Gasteiger partial charge in [0.1, 0.15) is 0 Å². The third-order valence-corrected chi connectivity index (χ3v) is 4.65. The summed E-state index contributed by atoms with van der Waals surface area (Å²) in [5.41, 5.74) is -1.55. The van der Waals surface area contributed by atoms with Crippen LogP contribution in [0, 0.1) is 17.3 Å². The van der Waals surface area contributed by atoms with Gasteiger partial charge in [-0.25, -0.2) is 0 Å². The minimum absolute atomic E-state index is 0.0333. The van der Waals surface area contributed by atoms with E-state index in [1.165, 1.54) is 20.8 Å². The second-order valence-electron chi connectivity index (χ2n) is 6.53. The SMILES string of the molecule is CC(C)CC(C)(C(=O)OC(C(F)(F)F)C(F)(F)S(=O)(=O)O)C(C)C. The molecule has 0 aromatic carbocycles. The standard InChI is InChI=1S/C13H21F5O5S/c1-7(2)6-11(5,8(3)4)10(19)23-9(12(14,15)16)13(17,18)24(20,21)22/h7-9H,6H2,1-5H3,(H,20,21,22). The molecule has 0 bridgehead atoms. The van der Waals surface area contributed by atoms with Crippen molar-refractivity contribution >= 4 is 16.1 Å². The van der Waals surface area contributed by atoms with Crippen LogP contribution in [-0.4, -0.2) is 36.5 Å². The molecule has 0 spiro atoms. The van der Waals surface area contributed by atoms with Crippen molar-refractivity contribution in [2.75, 3.05) is 0 Å². The van der Waals surface area contributed by atoms with E-state index in [1.807, 2.05) is 0 Å². The van der Waals surface area contributed by atoms with Crippen LogP contribution in [0.2, 0.25) is 0 Å². The van der Waals surface area contributed by atoms with Crippen molar-refractivity contribution in [2.24, 2.45) is 17.3 Å². The summed E-state index contributed by atoms with van der Waals surface area (Å²) < 4.78 is 98.9. The van der Waals surface area contributed by atoms with Crippen molar-refractivity contribution in [2.45, 2.75) is 58.6 Å². The van der Waals surface area contributed by atoms with Gasteiger partial charge in [0.2, 0.25) is 0 Å². The quantitative estimate of drug-likeness (QED) is 0.412. The lowest BCUT2D eigenvalue weighted by molar-refractivity contribution is -0.263. The Labute approximate surface area is 137 Å². The third-order valence-electron chi connectivity index (χ3n) is 3.74. The fraction of sp³-hybridized carbons (Fsp3) is 0.923. The largest absolute Gasteiger partial charge is 0.444 e. The summed E-state index contributed by atoms with van der Waals surface area (Å²) in [7, 11) is -6.45. The molecule has 11 heteroatoms. The molecule has 0 aliphatic heterocycles. The van der Waals surface area contributed by atoms with E-state index in [9.17, 15) is 35.2 Å². The van der Waals surface area contributed by atoms with E-state index in [0.29, 0.717) is 0 Å². The molecule has 0 saturated carbocycles. The van der Waals surface area contributed by atoms with Gasteiger partial charge in [0, 0.05) is 0 Å². The van der Waals surface area contributed by atoms with Crippen LogP contribution < -0.4 is 0 Å². The van der Waals surface area contributed by atoms with Crippen molar-refractivity contribution in [3.8, 4) is 0 Å². The topological polar surface area (TPSA) is 80.7 Å². The Morgan fingerprint density at radius 3 is 1.75 bits per heavy atom. The van der Waals surface area contributed by atoms with Gasteiger partial charge >= 0.3 is 27.5 Å². The van der Waals surface area contributed by atoms with Gasteiger partial charge in [-0.15, -0.1) is 0 Å². The molecule has 0 aliphatic rings. The number of carbonyl (C=O) groups is 1. The zero-order valence-corrected chi connectivity index (χ0v) is 14.6. The lowest BCUT2D eigenvalue weighted by atomic mass is 9.73. The molecule has 0 saturated heterocycles. The highest BCUT2D eigenvalue weighted by Gasteiger charge is 2.66. The molecule has 1 N–H and O–H groups in total. The summed E-state index contributed by atoms with van der Waals surface area (Å²) in [6, 6.07) is 0. The summed E-state index contributed by atoms with van der Waals surface area (Å²) in [6.45, 7) is 7.57. The van der Waals surface area contributed by atoms with Crippen LogP contribution in [0.3, 0.4) is 0 Å². The monoisotopic (exact) mass is 384 g/mol. The Morgan fingerprint density at radius 1 is 1.08 bits per heavy atom. The van der Waals surface area contributed by atoms with Crippen molar-refractivity contribution < 1.29 is 44.5 Å². The van der Waals surface area contributed by atoms with Gasteiger partial charge < -0.3 is 4.74 Å². The molecule has 24 heavy (non-hydrogen) atoms. The average Bonchev–Trinajstić information content (AvgIpc) is 2.30. The summed E-state index contributed by atoms with van der Waals surface area (Å²) in [4.78, 5) is 12.1. The number of hydrogen-bond acceptors (Lipinski definition) is 4. The Bertz CT molecular complexity index is 556. The first-order valence-corrected chi connectivity index (χ1v) is 8.44. The normalized spacial score (nSPS) is 17.7. The van der Waals surface area contributed by atoms with Crippen LogP contribution in [0.15, 0.2) is 0 Å². The third kappa shape index (κ3) is 5.01. The minimum atomic E-state index is -6.45. The van der Waals surface area contributed by atoms with Crippen molar-refractivity contribution in [3.05, 3.63) is 0 Å². The summed E-state index contributed by atoms with van der Waals surface area (Å²) in [6.07, 6.45) is -10.2. The average molecular weight is 384 g/mol. The molecular weight excluding hydrogens is 363 g/mol. The first-order valence-electron chi connectivity index (χ1n) is 7.00. The van der Waals surface area contributed by atoms with Crippen molar-refractivity contribution in [1.29, 1.82) is 0 Å². The Morgan fingerprint density at radius 2 is 1.50 bits per heavy atom. The van der Waals surface area contributed by atoms with E-state index in [2.05, 4.69) is 4.74 Å². The van der Waals surface area contributed by atoms with E-state index in [0.717, 1.165) is 0 Å². The smallest absolute Gasteiger partial charge is 0.432 e. The number of esters is 1. The van der Waals surface area contributed by atoms with E-state index in [-0.39, 0.29) is 12.3 Å². The number of halogens is 5. The van der Waals surface area contributed by atoms with Crippen LogP contribution >= 0.6 is 0 Å². The van der Waals surface area contributed by atoms with E-state index in [4.69, 9.17) is 4.55 Å². The van der Waals surface area contributed by atoms with Gasteiger partial charge in [-0.2, -0.15) is 30.4 Å². The highest BCUT2D eigenvalue weighted by molar-refractivity contribution is 7.86. The maximum atomic E-state index is 13.5. The van der Waals surface area contributed by atoms with Crippen LogP contribution in [0.4, 0.5) is 22.0 Å². The highest BCUT2D eigenvalue weighted by Crippen LogP contribution is 2.42. The van der Waals surface area contributed by atoms with Gasteiger partial charge in [0.25, 0.3) is 6.10 Å². The maximum Gasteiger partial charge on any atom is 0.432 e. The van der Waals surface area contributed by atoms with Gasteiger partial charge in [0.05, 0.1) is 5.41 Å². The molecule has 0 amide bonds. The molecule has 0 aromatic rings. The summed E-state index contributed by atoms with van der Waals surface area (Å²) in [5.74, 6) is -2.35. The second kappa shape index (κ2) is 7.11. The highest BCUT2D eigenvalue weighted by atomic mass is 32.2. The van der Waals surface area contributed by atoms with Crippen LogP contribution in [-0.2, 0) is 19.6 Å². The fourth-order valence-electron chi connectivity index (χ4n) is 2.11. The number of rotatable bonds is 7. The zero-order chi connectivity index (χ0) is 19.7. The molecule has 0 aromatic heterocycles. The Balaban J connectivity index is 5.88. The van der Waals surface area contributed by atoms with Crippen LogP contribution in [0.5, 0.6) is 0 Å². The predicted octanol–water partition coefficient (Wildman–Crippen LogP) is 3.65. The lowest BCUT2D eigenvalue weighted by Gasteiger charge is -2.35. The van der Waals surface area contributed by atoms with Gasteiger partial charge in [-0.1, -0.05) is 27.7 Å². The molecule has 2 atom stereocenters. The van der Waals surface area contributed by atoms with Crippen LogP contribution in [0.1, 0.15) is 41.0 Å². The van der Waals surface area contributed by atoms with E-state index >= 15 is 0 Å². The zero-order valence-electron chi connectivity index (χ0n) is 13.8. The molecular formula is C13H21F5O5S. The lowest BCUT2D eigenvalue weighted by Crippen LogP contribution is -2.54. The number of ether oxygens (including phenoxy) is 1. The van der Waals surface area contributed by atoms with E-state index < -0.39 is 45.0 Å². The van der Waals surface area contributed by atoms with Gasteiger partial charge in [0.15, 0.2) is 0 Å². The molecule has 144 valence electrons. The number of hydrogen-bond donors (Lipinski definition) is 1. The van der Waals surface area contributed by atoms with Gasteiger partial charge in [-0.3, -0.25) is 9.35 Å². The molecule has 2 unspecified atom stereocenters. The molecule has 0 radical (unpaired) electrons. The molecule has 0 aliphatic carbocycles. The van der Waals surface area contributed by atoms with Crippen molar-refractivity contribution in [1.82, 2.24) is 0 Å². The summed E-state index contributed by atoms with van der Waals surface area (Å²) >= 11 is 0. The molecule has 0 heterocycles. The van der Waals surface area contributed by atoms with Crippen LogP contribution in [0.25, 0.3) is 0 Å². The van der Waals surface area contributed by atoms with Gasteiger partial charge in [-0.05, 0) is 25.2 Å². The fourth-order valence-corrected chi connectivity index (χ4v) is 2.56. The number of carbonyl (C=O) groups excluding carboxylic acids is 1. The first-order chi connectivity index (χ1) is 10.4. The Kier molecular flexibility index (Phi) is 6.82. The first kappa shape index (κ1) is 23.0. The summed E-state index contributed by atoms with van der Waals surface area (Å²) in [5, 5.41) is -5.73. The minimum Gasteiger partial charge on any atom is -0.444 e. The molecule has 0 fully saturated rings. The second-order valence-corrected chi connectivity index (χ2v) is 8.03. The van der Waals surface area contributed by atoms with Crippen molar-refractivity contribution in [3.63, 3.8) is 0 Å². The predicted molar refractivity (Wildman–Crippen MR) is 74.8 cm³/mol. The Hall–Kier alpha value is -0.970. The number of alkyl halides is 5. The maximum absolute atomic E-state index is 13.5. The van der Waals surface area contributed by atoms with E-state index in [1.54, 1.807) is 13.8 Å². The molecule has 5 nitrogen and oxygen atoms in total.